The Balaban J connectivity index is 2.27. The van der Waals surface area contributed by atoms with Crippen LogP contribution in [0.1, 0.15) is 32.6 Å². The van der Waals surface area contributed by atoms with Crippen LogP contribution < -0.4 is 9.47 Å². The molecule has 0 spiro atoms. The maximum absolute atomic E-state index is 12.3. The number of rotatable bonds is 6. The minimum absolute atomic E-state index is 0.00229. The van der Waals surface area contributed by atoms with Crippen LogP contribution in [0.5, 0.6) is 11.5 Å². The van der Waals surface area contributed by atoms with Gasteiger partial charge < -0.3 is 14.2 Å². The van der Waals surface area contributed by atoms with E-state index in [1.807, 2.05) is 20.8 Å². The third kappa shape index (κ3) is 3.61. The van der Waals surface area contributed by atoms with Crippen LogP contribution in [0.25, 0.3) is 0 Å². The zero-order valence-corrected chi connectivity index (χ0v) is 15.4. The molecule has 0 unspecified atom stereocenters. The summed E-state index contributed by atoms with van der Waals surface area (Å²) >= 11 is 0. The van der Waals surface area contributed by atoms with E-state index >= 15 is 0 Å². The summed E-state index contributed by atoms with van der Waals surface area (Å²) in [5.41, 5.74) is 3.59. The normalized spacial score (nSPS) is 10.3. The Morgan fingerprint density at radius 1 is 0.962 bits per heavy atom. The van der Waals surface area contributed by atoms with Crippen LogP contribution in [-0.2, 0) is 11.3 Å². The van der Waals surface area contributed by atoms with Crippen LogP contribution >= 0.6 is 0 Å². The first kappa shape index (κ1) is 19.2. The summed E-state index contributed by atoms with van der Waals surface area (Å²) in [5, 5.41) is 10.7. The van der Waals surface area contributed by atoms with Gasteiger partial charge in [-0.1, -0.05) is 0 Å². The Labute approximate surface area is 151 Å². The molecule has 0 aromatic heterocycles. The highest BCUT2D eigenvalue weighted by Crippen LogP contribution is 2.38. The number of nitrogens with zero attached hydrogens (tertiary/aromatic N) is 1. The van der Waals surface area contributed by atoms with Crippen molar-refractivity contribution in [3.05, 3.63) is 62.2 Å². The highest BCUT2D eigenvalue weighted by Gasteiger charge is 2.20. The van der Waals surface area contributed by atoms with Gasteiger partial charge in [-0.05, 0) is 44.0 Å². The molecule has 7 heteroatoms. The molecule has 7 nitrogen and oxygen atoms in total. The van der Waals surface area contributed by atoms with Gasteiger partial charge in [-0.25, -0.2) is 4.79 Å². The van der Waals surface area contributed by atoms with Crippen molar-refractivity contribution in [1.82, 2.24) is 0 Å². The lowest BCUT2D eigenvalue weighted by molar-refractivity contribution is -0.384. The number of esters is 1. The second kappa shape index (κ2) is 7.86. The lowest BCUT2D eigenvalue weighted by atomic mass is 9.97. The zero-order chi connectivity index (χ0) is 19.4. The molecule has 0 aliphatic rings. The minimum atomic E-state index is -0.571. The maximum Gasteiger partial charge on any atom is 0.338 e. The Morgan fingerprint density at radius 2 is 1.50 bits per heavy atom. The third-order valence-electron chi connectivity index (χ3n) is 4.38. The first-order valence-electron chi connectivity index (χ1n) is 7.94. The van der Waals surface area contributed by atoms with Crippen LogP contribution in [-0.4, -0.2) is 25.1 Å². The van der Waals surface area contributed by atoms with Gasteiger partial charge in [0.25, 0.3) is 5.69 Å². The number of benzene rings is 2. The lowest BCUT2D eigenvalue weighted by Crippen LogP contribution is -2.09. The number of non-ortho nitro benzene ring substituents is 1. The molecule has 138 valence electrons. The topological polar surface area (TPSA) is 87.9 Å². The number of methoxy groups -OCH3 is 2. The van der Waals surface area contributed by atoms with Crippen LogP contribution in [0.2, 0.25) is 0 Å². The van der Waals surface area contributed by atoms with Gasteiger partial charge in [-0.2, -0.15) is 0 Å². The molecular formula is C19H21NO6. The highest BCUT2D eigenvalue weighted by atomic mass is 16.6. The molecule has 0 bridgehead atoms. The van der Waals surface area contributed by atoms with Crippen molar-refractivity contribution >= 4 is 11.7 Å². The van der Waals surface area contributed by atoms with Crippen molar-refractivity contribution in [2.45, 2.75) is 27.4 Å². The van der Waals surface area contributed by atoms with E-state index in [1.165, 1.54) is 24.3 Å². The van der Waals surface area contributed by atoms with Crippen molar-refractivity contribution < 1.29 is 23.9 Å². The molecule has 0 atom stereocenters. The van der Waals surface area contributed by atoms with E-state index < -0.39 is 10.9 Å². The monoisotopic (exact) mass is 359 g/mol. The largest absolute Gasteiger partial charge is 0.496 e. The van der Waals surface area contributed by atoms with Crippen LogP contribution in [0.3, 0.4) is 0 Å². The molecule has 0 amide bonds. The van der Waals surface area contributed by atoms with E-state index in [2.05, 4.69) is 0 Å². The molecule has 0 aliphatic carbocycles. The van der Waals surface area contributed by atoms with E-state index in [0.717, 1.165) is 28.0 Å². The van der Waals surface area contributed by atoms with Crippen molar-refractivity contribution in [3.63, 3.8) is 0 Å². The SMILES string of the molecule is COc1c(C)c(C)c(OC)c(COC(=O)c2ccc([N+](=O)[O-])cc2)c1C. The average molecular weight is 359 g/mol. The fourth-order valence-corrected chi connectivity index (χ4v) is 2.85. The second-order valence-corrected chi connectivity index (χ2v) is 5.80. The molecule has 2 aromatic rings. The molecule has 0 radical (unpaired) electrons. The molecule has 0 heterocycles. The van der Waals surface area contributed by atoms with Crippen molar-refractivity contribution in [3.8, 4) is 11.5 Å². The van der Waals surface area contributed by atoms with Crippen LogP contribution in [0.4, 0.5) is 5.69 Å². The van der Waals surface area contributed by atoms with Gasteiger partial charge in [0.2, 0.25) is 0 Å². The van der Waals surface area contributed by atoms with Gasteiger partial charge in [-0.3, -0.25) is 10.1 Å². The number of carbonyl (C=O) groups excluding carboxylic acids is 1. The smallest absolute Gasteiger partial charge is 0.338 e. The lowest BCUT2D eigenvalue weighted by Gasteiger charge is -2.20. The molecule has 0 N–H and O–H groups in total. The Morgan fingerprint density at radius 3 is 2.00 bits per heavy atom. The van der Waals surface area contributed by atoms with Gasteiger partial charge in [0, 0.05) is 23.3 Å². The van der Waals surface area contributed by atoms with Gasteiger partial charge in [0.05, 0.1) is 24.7 Å². The van der Waals surface area contributed by atoms with Gasteiger partial charge in [0.15, 0.2) is 0 Å². The predicted molar refractivity (Wildman–Crippen MR) is 96.0 cm³/mol. The zero-order valence-electron chi connectivity index (χ0n) is 15.4. The minimum Gasteiger partial charge on any atom is -0.496 e. The first-order chi connectivity index (χ1) is 12.3. The maximum atomic E-state index is 12.3. The summed E-state index contributed by atoms with van der Waals surface area (Å²) < 4.78 is 16.3. The fourth-order valence-electron chi connectivity index (χ4n) is 2.85. The Kier molecular flexibility index (Phi) is 5.82. The Bertz CT molecular complexity index is 842. The first-order valence-corrected chi connectivity index (χ1v) is 7.94. The number of hydrogen-bond acceptors (Lipinski definition) is 6. The average Bonchev–Trinajstić information content (AvgIpc) is 2.63. The summed E-state index contributed by atoms with van der Waals surface area (Å²) in [6, 6.07) is 5.26. The summed E-state index contributed by atoms with van der Waals surface area (Å²) in [6.07, 6.45) is 0. The van der Waals surface area contributed by atoms with E-state index in [0.29, 0.717) is 5.75 Å². The summed E-state index contributed by atoms with van der Waals surface area (Å²) in [5.74, 6) is 0.806. The van der Waals surface area contributed by atoms with E-state index in [4.69, 9.17) is 14.2 Å². The molecule has 0 aliphatic heterocycles. The van der Waals surface area contributed by atoms with E-state index in [9.17, 15) is 14.9 Å². The van der Waals surface area contributed by atoms with Gasteiger partial charge in [-0.15, -0.1) is 0 Å². The summed E-state index contributed by atoms with van der Waals surface area (Å²) in [6.45, 7) is 5.74. The predicted octanol–water partition coefficient (Wildman–Crippen LogP) is 3.89. The van der Waals surface area contributed by atoms with Crippen LogP contribution in [0.15, 0.2) is 24.3 Å². The van der Waals surface area contributed by atoms with Gasteiger partial charge >= 0.3 is 5.97 Å². The number of carbonyl (C=O) groups is 1. The molecule has 2 aromatic carbocycles. The second-order valence-electron chi connectivity index (χ2n) is 5.80. The van der Waals surface area contributed by atoms with Crippen LogP contribution in [0, 0.1) is 30.9 Å². The number of hydrogen-bond donors (Lipinski definition) is 0. The fraction of sp³-hybridized carbons (Fsp3) is 0.316. The molecular weight excluding hydrogens is 338 g/mol. The quantitative estimate of drug-likeness (QED) is 0.442. The molecule has 2 rings (SSSR count). The number of nitro benzene ring substituents is 1. The number of nitro groups is 1. The number of ether oxygens (including phenoxy) is 3. The molecule has 0 saturated carbocycles. The van der Waals surface area contributed by atoms with Crippen molar-refractivity contribution in [2.75, 3.05) is 14.2 Å². The van der Waals surface area contributed by atoms with E-state index in [1.54, 1.807) is 14.2 Å². The molecule has 0 saturated heterocycles. The Hall–Kier alpha value is -3.09. The van der Waals surface area contributed by atoms with Crippen molar-refractivity contribution in [2.24, 2.45) is 0 Å². The molecule has 26 heavy (non-hydrogen) atoms. The molecule has 0 fully saturated rings. The van der Waals surface area contributed by atoms with E-state index in [-0.39, 0.29) is 17.9 Å². The highest BCUT2D eigenvalue weighted by molar-refractivity contribution is 5.89. The van der Waals surface area contributed by atoms with Gasteiger partial charge in [0.1, 0.15) is 18.1 Å². The summed E-state index contributed by atoms with van der Waals surface area (Å²) in [4.78, 5) is 22.4. The standard InChI is InChI=1S/C19H21NO6/c1-11-12(2)18(25-5)16(13(3)17(11)24-4)10-26-19(21)14-6-8-15(9-7-14)20(22)23/h6-9H,10H2,1-5H3. The van der Waals surface area contributed by atoms with Crippen molar-refractivity contribution in [1.29, 1.82) is 0 Å². The third-order valence-corrected chi connectivity index (χ3v) is 4.38. The summed E-state index contributed by atoms with van der Waals surface area (Å²) in [7, 11) is 3.16.